The molecule has 0 aliphatic heterocycles. The van der Waals surface area contributed by atoms with Crippen molar-refractivity contribution in [3.05, 3.63) is 53.6 Å². The van der Waals surface area contributed by atoms with E-state index in [9.17, 15) is 8.42 Å². The fraction of sp³-hybridized carbons (Fsp3) is 0.400. The molecule has 0 saturated heterocycles. The lowest BCUT2D eigenvalue weighted by Crippen LogP contribution is -2.29. The molecule has 0 amide bonds. The van der Waals surface area contributed by atoms with E-state index in [-0.39, 0.29) is 11.0 Å². The van der Waals surface area contributed by atoms with Gasteiger partial charge >= 0.3 is 0 Å². The van der Waals surface area contributed by atoms with Gasteiger partial charge in [-0.15, -0.1) is 0 Å². The summed E-state index contributed by atoms with van der Waals surface area (Å²) in [6.07, 6.45) is 0.618. The highest BCUT2D eigenvalue weighted by atomic mass is 32.2. The van der Waals surface area contributed by atoms with Crippen molar-refractivity contribution >= 4 is 10.0 Å². The van der Waals surface area contributed by atoms with Gasteiger partial charge < -0.3 is 9.47 Å². The van der Waals surface area contributed by atoms with E-state index < -0.39 is 10.0 Å². The summed E-state index contributed by atoms with van der Waals surface area (Å²) in [7, 11) is -0.350. The Morgan fingerprint density at radius 2 is 1.77 bits per heavy atom. The van der Waals surface area contributed by atoms with Gasteiger partial charge in [0.05, 0.1) is 18.1 Å². The zero-order valence-electron chi connectivity index (χ0n) is 16.0. The minimum absolute atomic E-state index is 0.0414. The molecule has 2 rings (SSSR count). The maximum absolute atomic E-state index is 12.8. The van der Waals surface area contributed by atoms with Crippen LogP contribution in [-0.4, -0.2) is 39.5 Å². The number of rotatable bonds is 8. The summed E-state index contributed by atoms with van der Waals surface area (Å²) in [4.78, 5) is 0.272. The van der Waals surface area contributed by atoms with Gasteiger partial charge in [-0.25, -0.2) is 12.7 Å². The largest absolute Gasteiger partial charge is 0.496 e. The van der Waals surface area contributed by atoms with E-state index in [1.807, 2.05) is 45.0 Å². The molecule has 0 bridgehead atoms. The number of benzene rings is 2. The lowest BCUT2D eigenvalue weighted by molar-refractivity contribution is 0.240. The topological polar surface area (TPSA) is 55.8 Å². The molecule has 142 valence electrons. The molecule has 0 radical (unpaired) electrons. The molecule has 0 heterocycles. The van der Waals surface area contributed by atoms with Crippen LogP contribution >= 0.6 is 0 Å². The number of hydrogen-bond donors (Lipinski definition) is 0. The van der Waals surface area contributed by atoms with Gasteiger partial charge in [0.15, 0.2) is 0 Å². The normalized spacial score (nSPS) is 11.8. The molecule has 2 aromatic carbocycles. The molecule has 0 aliphatic carbocycles. The average Bonchev–Trinajstić information content (AvgIpc) is 2.61. The van der Waals surface area contributed by atoms with Gasteiger partial charge in [0.25, 0.3) is 0 Å². The summed E-state index contributed by atoms with van der Waals surface area (Å²) >= 11 is 0. The van der Waals surface area contributed by atoms with Gasteiger partial charge in [0.1, 0.15) is 11.5 Å². The standard InChI is InChI=1S/C20H27NO4S/c1-15(2)25-19-11-10-18(14-16(19)3)26(22,23)21(4)13-12-17-8-6-7-9-20(17)24-5/h6-11,14-15H,12-13H2,1-5H3. The third-order valence-electron chi connectivity index (χ3n) is 4.11. The van der Waals surface area contributed by atoms with Crippen molar-refractivity contribution in [2.75, 3.05) is 20.7 Å². The Morgan fingerprint density at radius 3 is 2.38 bits per heavy atom. The molecular formula is C20H27NO4S. The van der Waals surface area contributed by atoms with Crippen LogP contribution in [0.4, 0.5) is 0 Å². The third kappa shape index (κ3) is 4.77. The van der Waals surface area contributed by atoms with Crippen LogP contribution in [0.15, 0.2) is 47.4 Å². The highest BCUT2D eigenvalue weighted by Crippen LogP contribution is 2.25. The number of nitrogens with zero attached hydrogens (tertiary/aromatic N) is 1. The predicted octanol–water partition coefficient (Wildman–Crippen LogP) is 3.65. The van der Waals surface area contributed by atoms with Crippen LogP contribution in [0.1, 0.15) is 25.0 Å². The van der Waals surface area contributed by atoms with Crippen LogP contribution in [0.25, 0.3) is 0 Å². The lowest BCUT2D eigenvalue weighted by Gasteiger charge is -2.19. The second kappa shape index (κ2) is 8.56. The van der Waals surface area contributed by atoms with Crippen molar-refractivity contribution in [2.24, 2.45) is 0 Å². The highest BCUT2D eigenvalue weighted by Gasteiger charge is 2.22. The number of sulfonamides is 1. The number of para-hydroxylation sites is 1. The van der Waals surface area contributed by atoms with Crippen LogP contribution in [-0.2, 0) is 16.4 Å². The van der Waals surface area contributed by atoms with Gasteiger partial charge in [0, 0.05) is 13.6 Å². The maximum atomic E-state index is 12.8. The Morgan fingerprint density at radius 1 is 1.08 bits per heavy atom. The monoisotopic (exact) mass is 377 g/mol. The number of hydrogen-bond acceptors (Lipinski definition) is 4. The minimum Gasteiger partial charge on any atom is -0.496 e. The summed E-state index contributed by atoms with van der Waals surface area (Å²) in [5.74, 6) is 1.47. The summed E-state index contributed by atoms with van der Waals surface area (Å²) in [6, 6.07) is 12.6. The second-order valence-corrected chi connectivity index (χ2v) is 8.53. The van der Waals surface area contributed by atoms with Crippen molar-refractivity contribution in [3.8, 4) is 11.5 Å². The van der Waals surface area contributed by atoms with Crippen LogP contribution in [0, 0.1) is 6.92 Å². The first kappa shape index (κ1) is 20.3. The van der Waals surface area contributed by atoms with E-state index in [2.05, 4.69) is 0 Å². The van der Waals surface area contributed by atoms with Gasteiger partial charge in [0.2, 0.25) is 10.0 Å². The van der Waals surface area contributed by atoms with Crippen LogP contribution in [0.2, 0.25) is 0 Å². The molecule has 5 nitrogen and oxygen atoms in total. The van der Waals surface area contributed by atoms with Crippen LogP contribution < -0.4 is 9.47 Å². The van der Waals surface area contributed by atoms with Crippen molar-refractivity contribution in [1.29, 1.82) is 0 Å². The van der Waals surface area contributed by atoms with E-state index in [1.165, 1.54) is 4.31 Å². The summed E-state index contributed by atoms with van der Waals surface area (Å²) in [6.45, 7) is 6.10. The second-order valence-electron chi connectivity index (χ2n) is 6.48. The lowest BCUT2D eigenvalue weighted by atomic mass is 10.1. The number of ether oxygens (including phenoxy) is 2. The highest BCUT2D eigenvalue weighted by molar-refractivity contribution is 7.89. The molecule has 6 heteroatoms. The number of likely N-dealkylation sites (N-methyl/N-ethyl adjacent to an activating group) is 1. The first-order chi connectivity index (χ1) is 12.3. The predicted molar refractivity (Wildman–Crippen MR) is 103 cm³/mol. The molecule has 2 aromatic rings. The SMILES string of the molecule is COc1ccccc1CCN(C)S(=O)(=O)c1ccc(OC(C)C)c(C)c1. The number of methoxy groups -OCH3 is 1. The van der Waals surface area contributed by atoms with E-state index in [4.69, 9.17) is 9.47 Å². The summed E-state index contributed by atoms with van der Waals surface area (Å²) in [5, 5.41) is 0. The smallest absolute Gasteiger partial charge is 0.242 e. The maximum Gasteiger partial charge on any atom is 0.242 e. The minimum atomic E-state index is -3.56. The van der Waals surface area contributed by atoms with Gasteiger partial charge in [-0.2, -0.15) is 0 Å². The Balaban J connectivity index is 2.14. The van der Waals surface area contributed by atoms with E-state index in [0.29, 0.717) is 18.7 Å². The third-order valence-corrected chi connectivity index (χ3v) is 5.96. The Labute approximate surface area is 156 Å². The first-order valence-electron chi connectivity index (χ1n) is 8.61. The zero-order chi connectivity index (χ0) is 19.3. The first-order valence-corrected chi connectivity index (χ1v) is 10.0. The van der Waals surface area contributed by atoms with E-state index in [0.717, 1.165) is 16.9 Å². The van der Waals surface area contributed by atoms with E-state index >= 15 is 0 Å². The van der Waals surface area contributed by atoms with Gasteiger partial charge in [-0.3, -0.25) is 0 Å². The van der Waals surface area contributed by atoms with Gasteiger partial charge in [-0.05, 0) is 62.6 Å². The molecule has 0 saturated carbocycles. The summed E-state index contributed by atoms with van der Waals surface area (Å²) < 4.78 is 38.1. The quantitative estimate of drug-likeness (QED) is 0.705. The average molecular weight is 378 g/mol. The molecule has 0 unspecified atom stereocenters. The molecule has 0 aliphatic rings. The Bertz CT molecular complexity index is 847. The van der Waals surface area contributed by atoms with Crippen molar-refractivity contribution in [1.82, 2.24) is 4.31 Å². The molecule has 0 fully saturated rings. The summed E-state index contributed by atoms with van der Waals surface area (Å²) in [5.41, 5.74) is 1.78. The Hall–Kier alpha value is -2.05. The fourth-order valence-corrected chi connectivity index (χ4v) is 3.91. The molecule has 0 aromatic heterocycles. The van der Waals surface area contributed by atoms with Crippen LogP contribution in [0.3, 0.4) is 0 Å². The Kier molecular flexibility index (Phi) is 6.67. The molecule has 26 heavy (non-hydrogen) atoms. The molecular weight excluding hydrogens is 350 g/mol. The fourth-order valence-electron chi connectivity index (χ4n) is 2.66. The van der Waals surface area contributed by atoms with Gasteiger partial charge in [-0.1, -0.05) is 18.2 Å². The van der Waals surface area contributed by atoms with Crippen molar-refractivity contribution in [3.63, 3.8) is 0 Å². The van der Waals surface area contributed by atoms with Crippen molar-refractivity contribution < 1.29 is 17.9 Å². The molecule has 0 spiro atoms. The van der Waals surface area contributed by atoms with Crippen LogP contribution in [0.5, 0.6) is 11.5 Å². The van der Waals surface area contributed by atoms with E-state index in [1.54, 1.807) is 32.4 Å². The molecule has 0 atom stereocenters. The molecule has 0 N–H and O–H groups in total. The zero-order valence-corrected chi connectivity index (χ0v) is 16.8. The number of aryl methyl sites for hydroxylation is 1. The van der Waals surface area contributed by atoms with Crippen molar-refractivity contribution in [2.45, 2.75) is 38.2 Å².